The van der Waals surface area contributed by atoms with E-state index in [1.807, 2.05) is 18.3 Å². The molecule has 0 saturated carbocycles. The van der Waals surface area contributed by atoms with Crippen LogP contribution in [0.25, 0.3) is 33.2 Å². The SMILES string of the molecule is C[C@@H]1CN(c2cnc3nc(-c4cc(F)c5nn(C)cc5c4)cc(Cl)c3c2)C[C@@H](C)N1. The second-order valence-corrected chi connectivity index (χ2v) is 8.53. The van der Waals surface area contributed by atoms with Gasteiger partial charge in [-0.1, -0.05) is 11.6 Å². The molecule has 1 fully saturated rings. The maximum Gasteiger partial charge on any atom is 0.161 e. The van der Waals surface area contributed by atoms with Gasteiger partial charge in [-0.15, -0.1) is 0 Å². The van der Waals surface area contributed by atoms with Crippen LogP contribution in [0.1, 0.15) is 13.8 Å². The lowest BCUT2D eigenvalue weighted by molar-refractivity contribution is 0.407. The van der Waals surface area contributed by atoms with Crippen LogP contribution in [0.4, 0.5) is 10.1 Å². The summed E-state index contributed by atoms with van der Waals surface area (Å²) in [5, 5.41) is 9.75. The number of benzene rings is 1. The van der Waals surface area contributed by atoms with Crippen molar-refractivity contribution in [1.29, 1.82) is 0 Å². The van der Waals surface area contributed by atoms with Crippen LogP contribution >= 0.6 is 11.6 Å². The molecule has 6 nitrogen and oxygen atoms in total. The van der Waals surface area contributed by atoms with Crippen LogP contribution in [0.2, 0.25) is 5.02 Å². The quantitative estimate of drug-likeness (QED) is 0.523. The fraction of sp³-hybridized carbons (Fsp3) is 0.318. The van der Waals surface area contributed by atoms with Gasteiger partial charge in [0.2, 0.25) is 0 Å². The molecule has 4 heterocycles. The molecule has 1 aliphatic heterocycles. The molecule has 5 rings (SSSR count). The summed E-state index contributed by atoms with van der Waals surface area (Å²) >= 11 is 6.62. The number of piperazine rings is 1. The summed E-state index contributed by atoms with van der Waals surface area (Å²) < 4.78 is 16.1. The molecule has 0 spiro atoms. The van der Waals surface area contributed by atoms with Crippen molar-refractivity contribution in [1.82, 2.24) is 25.1 Å². The number of aromatic nitrogens is 4. The van der Waals surface area contributed by atoms with E-state index in [1.165, 1.54) is 6.07 Å². The van der Waals surface area contributed by atoms with Gasteiger partial charge in [0.05, 0.1) is 22.6 Å². The number of halogens is 2. The highest BCUT2D eigenvalue weighted by atomic mass is 35.5. The Morgan fingerprint density at radius 1 is 1.13 bits per heavy atom. The van der Waals surface area contributed by atoms with E-state index in [-0.39, 0.29) is 5.82 Å². The summed E-state index contributed by atoms with van der Waals surface area (Å²) in [5.74, 6) is -0.383. The lowest BCUT2D eigenvalue weighted by Crippen LogP contribution is -2.54. The Labute approximate surface area is 178 Å². The third-order valence-corrected chi connectivity index (χ3v) is 5.81. The minimum atomic E-state index is -0.383. The first-order valence-corrected chi connectivity index (χ1v) is 10.4. The largest absolute Gasteiger partial charge is 0.367 e. The Bertz CT molecular complexity index is 1260. The molecular formula is C22H22ClFN6. The van der Waals surface area contributed by atoms with E-state index in [9.17, 15) is 4.39 Å². The van der Waals surface area contributed by atoms with Crippen molar-refractivity contribution in [2.45, 2.75) is 25.9 Å². The van der Waals surface area contributed by atoms with Crippen molar-refractivity contribution in [3.05, 3.63) is 47.5 Å². The van der Waals surface area contributed by atoms with Gasteiger partial charge >= 0.3 is 0 Å². The van der Waals surface area contributed by atoms with Crippen molar-refractivity contribution < 1.29 is 4.39 Å². The molecule has 154 valence electrons. The Morgan fingerprint density at radius 3 is 2.67 bits per heavy atom. The van der Waals surface area contributed by atoms with Crippen molar-refractivity contribution in [3.63, 3.8) is 0 Å². The molecule has 0 radical (unpaired) electrons. The summed E-state index contributed by atoms with van der Waals surface area (Å²) in [7, 11) is 1.77. The summed E-state index contributed by atoms with van der Waals surface area (Å²) in [5.41, 5.74) is 3.15. The van der Waals surface area contributed by atoms with E-state index in [0.717, 1.165) is 29.5 Å². The summed E-state index contributed by atoms with van der Waals surface area (Å²) in [6, 6.07) is 7.92. The highest BCUT2D eigenvalue weighted by molar-refractivity contribution is 6.35. The summed E-state index contributed by atoms with van der Waals surface area (Å²) in [6.07, 6.45) is 3.62. The van der Waals surface area contributed by atoms with E-state index in [4.69, 9.17) is 11.6 Å². The lowest BCUT2D eigenvalue weighted by Gasteiger charge is -2.37. The van der Waals surface area contributed by atoms with Gasteiger partial charge < -0.3 is 10.2 Å². The number of fused-ring (bicyclic) bond motifs is 2. The van der Waals surface area contributed by atoms with Crippen LogP contribution in [0.3, 0.4) is 0 Å². The first kappa shape index (κ1) is 19.2. The number of anilines is 1. The molecule has 8 heteroatoms. The Morgan fingerprint density at radius 2 is 1.90 bits per heavy atom. The fourth-order valence-corrected chi connectivity index (χ4v) is 4.52. The van der Waals surface area contributed by atoms with Crippen LogP contribution in [-0.2, 0) is 7.05 Å². The van der Waals surface area contributed by atoms with Gasteiger partial charge in [0.1, 0.15) is 5.52 Å². The number of aryl methyl sites for hydroxylation is 1. The zero-order chi connectivity index (χ0) is 21.0. The molecule has 1 saturated heterocycles. The normalized spacial score (nSPS) is 19.7. The zero-order valence-electron chi connectivity index (χ0n) is 17.0. The van der Waals surface area contributed by atoms with Gasteiger partial charge in [0.15, 0.2) is 11.5 Å². The van der Waals surface area contributed by atoms with Crippen LogP contribution in [0.15, 0.2) is 36.7 Å². The third-order valence-electron chi connectivity index (χ3n) is 5.49. The standard InChI is InChI=1S/C22H22ClFN6/c1-12-9-30(10-13(2)26-12)16-6-17-18(23)7-20(27-22(17)25-8-16)14-4-15-11-29(3)28-21(15)19(24)5-14/h4-8,11-13,26H,9-10H2,1-3H3/t12-,13-/m1/s1. The second-order valence-electron chi connectivity index (χ2n) is 8.13. The van der Waals surface area contributed by atoms with E-state index < -0.39 is 0 Å². The van der Waals surface area contributed by atoms with Gasteiger partial charge in [-0.05, 0) is 38.1 Å². The van der Waals surface area contributed by atoms with Crippen molar-refractivity contribution in [2.75, 3.05) is 18.0 Å². The Kier molecular flexibility index (Phi) is 4.60. The Hall–Kier alpha value is -2.77. The average molecular weight is 425 g/mol. The molecule has 3 aromatic heterocycles. The topological polar surface area (TPSA) is 58.9 Å². The van der Waals surface area contributed by atoms with Crippen LogP contribution in [0.5, 0.6) is 0 Å². The Balaban J connectivity index is 1.56. The van der Waals surface area contributed by atoms with E-state index in [2.05, 4.69) is 39.1 Å². The van der Waals surface area contributed by atoms with Crippen LogP contribution in [0, 0.1) is 5.82 Å². The minimum absolute atomic E-state index is 0.343. The molecule has 1 aliphatic rings. The van der Waals surface area contributed by atoms with E-state index in [1.54, 1.807) is 24.0 Å². The predicted octanol–water partition coefficient (Wildman–Crippen LogP) is 4.16. The summed E-state index contributed by atoms with van der Waals surface area (Å²) in [4.78, 5) is 11.5. The van der Waals surface area contributed by atoms with E-state index in [0.29, 0.717) is 39.5 Å². The predicted molar refractivity (Wildman–Crippen MR) is 118 cm³/mol. The molecule has 4 aromatic rings. The number of hydrogen-bond donors (Lipinski definition) is 1. The first-order valence-electron chi connectivity index (χ1n) is 9.98. The van der Waals surface area contributed by atoms with Crippen molar-refractivity contribution >= 4 is 39.2 Å². The first-order chi connectivity index (χ1) is 14.4. The average Bonchev–Trinajstić information content (AvgIpc) is 3.08. The fourth-order valence-electron chi connectivity index (χ4n) is 4.27. The number of hydrogen-bond acceptors (Lipinski definition) is 5. The number of nitrogens with one attached hydrogen (secondary N) is 1. The van der Waals surface area contributed by atoms with Gasteiger partial charge in [-0.25, -0.2) is 14.4 Å². The highest BCUT2D eigenvalue weighted by Crippen LogP contribution is 2.32. The highest BCUT2D eigenvalue weighted by Gasteiger charge is 2.22. The number of rotatable bonds is 2. The summed E-state index contributed by atoms with van der Waals surface area (Å²) in [6.45, 7) is 6.17. The monoisotopic (exact) mass is 424 g/mol. The van der Waals surface area contributed by atoms with Gasteiger partial charge in [0.25, 0.3) is 0 Å². The van der Waals surface area contributed by atoms with Crippen molar-refractivity contribution in [3.8, 4) is 11.3 Å². The van der Waals surface area contributed by atoms with Gasteiger partial charge in [-0.2, -0.15) is 5.10 Å². The zero-order valence-corrected chi connectivity index (χ0v) is 17.8. The molecule has 0 aliphatic carbocycles. The maximum atomic E-state index is 14.5. The third kappa shape index (κ3) is 3.38. The minimum Gasteiger partial charge on any atom is -0.367 e. The van der Waals surface area contributed by atoms with Crippen LogP contribution in [-0.4, -0.2) is 44.9 Å². The molecule has 0 unspecified atom stereocenters. The smallest absolute Gasteiger partial charge is 0.161 e. The number of nitrogens with zero attached hydrogens (tertiary/aromatic N) is 5. The molecule has 1 N–H and O–H groups in total. The molecule has 30 heavy (non-hydrogen) atoms. The van der Waals surface area contributed by atoms with Crippen LogP contribution < -0.4 is 10.2 Å². The van der Waals surface area contributed by atoms with Crippen molar-refractivity contribution in [2.24, 2.45) is 7.05 Å². The second kappa shape index (κ2) is 7.18. The molecule has 0 amide bonds. The van der Waals surface area contributed by atoms with Gasteiger partial charge in [-0.3, -0.25) is 4.68 Å². The maximum absolute atomic E-state index is 14.5. The molecule has 2 atom stereocenters. The molecule has 1 aromatic carbocycles. The van der Waals surface area contributed by atoms with E-state index >= 15 is 0 Å². The lowest BCUT2D eigenvalue weighted by atomic mass is 10.1. The number of pyridine rings is 2. The molecular weight excluding hydrogens is 403 g/mol. The van der Waals surface area contributed by atoms with Gasteiger partial charge in [0, 0.05) is 54.8 Å². The molecule has 0 bridgehead atoms.